The quantitative estimate of drug-likeness (QED) is 0.552. The van der Waals surface area contributed by atoms with Gasteiger partial charge in [-0.2, -0.15) is 0 Å². The molecule has 22 heavy (non-hydrogen) atoms. The molecular weight excluding hydrogens is 474 g/mol. The third kappa shape index (κ3) is 4.09. The van der Waals surface area contributed by atoms with Gasteiger partial charge in [0.15, 0.2) is 0 Å². The van der Waals surface area contributed by atoms with Crippen LogP contribution in [-0.4, -0.2) is 20.0 Å². The minimum absolute atomic E-state index is 0. The second-order valence-electron chi connectivity index (χ2n) is 6.10. The second kappa shape index (κ2) is 8.19. The fourth-order valence-electron chi connectivity index (χ4n) is 3.18. The molecule has 0 saturated heterocycles. The molecule has 4 aliphatic carbocycles. The molecule has 0 radical (unpaired) electrons. The van der Waals surface area contributed by atoms with E-state index < -0.39 is 0 Å². The fraction of sp³-hybridized carbons (Fsp3) is 0.368. The molecule has 4 bridgehead atoms. The zero-order valence-corrected chi connectivity index (χ0v) is 18.5. The summed E-state index contributed by atoms with van der Waals surface area (Å²) in [5.74, 6) is 0. The minimum Gasteiger partial charge on any atom is -0.0933 e. The van der Waals surface area contributed by atoms with Crippen molar-refractivity contribution in [2.45, 2.75) is 25.7 Å². The summed E-state index contributed by atoms with van der Waals surface area (Å²) in [5.41, 5.74) is 6.15. The Bertz CT molecular complexity index is 650. The molecular formula is C19H24P2W. The van der Waals surface area contributed by atoms with Crippen molar-refractivity contribution in [1.82, 2.24) is 0 Å². The third-order valence-electron chi connectivity index (χ3n) is 4.44. The molecule has 116 valence electrons. The van der Waals surface area contributed by atoms with Crippen LogP contribution in [0, 0.1) is 0 Å². The first-order valence-electron chi connectivity index (χ1n) is 7.76. The van der Waals surface area contributed by atoms with Crippen molar-refractivity contribution in [1.29, 1.82) is 0 Å². The molecule has 2 aromatic carbocycles. The summed E-state index contributed by atoms with van der Waals surface area (Å²) in [7, 11) is 0.895. The summed E-state index contributed by atoms with van der Waals surface area (Å²) in [4.78, 5) is 0. The average molecular weight is 498 g/mol. The molecule has 0 spiro atoms. The van der Waals surface area contributed by atoms with Crippen molar-refractivity contribution in [2.75, 3.05) is 20.0 Å². The van der Waals surface area contributed by atoms with Gasteiger partial charge in [0.2, 0.25) is 0 Å². The van der Waals surface area contributed by atoms with Gasteiger partial charge in [0.1, 0.15) is 0 Å². The molecule has 6 rings (SSSR count). The van der Waals surface area contributed by atoms with E-state index in [9.17, 15) is 0 Å². The van der Waals surface area contributed by atoms with Gasteiger partial charge in [0.05, 0.1) is 0 Å². The number of aryl methyl sites for hydroxylation is 4. The van der Waals surface area contributed by atoms with E-state index in [4.69, 9.17) is 0 Å². The van der Waals surface area contributed by atoms with E-state index in [2.05, 4.69) is 56.4 Å². The monoisotopic (exact) mass is 498 g/mol. The Hall–Kier alpha value is -0.0117. The Morgan fingerprint density at radius 3 is 2.05 bits per heavy atom. The van der Waals surface area contributed by atoms with Crippen LogP contribution in [0.5, 0.6) is 0 Å². The van der Waals surface area contributed by atoms with Crippen molar-refractivity contribution in [2.24, 2.45) is 0 Å². The number of hydrogen-bond donors (Lipinski definition) is 0. The predicted molar refractivity (Wildman–Crippen MR) is 100.0 cm³/mol. The van der Waals surface area contributed by atoms with Crippen molar-refractivity contribution < 1.29 is 21.1 Å². The summed E-state index contributed by atoms with van der Waals surface area (Å²) < 4.78 is 0. The predicted octanol–water partition coefficient (Wildman–Crippen LogP) is 3.87. The van der Waals surface area contributed by atoms with Crippen LogP contribution in [-0.2, 0) is 46.7 Å². The maximum Gasteiger partial charge on any atom is 0 e. The smallest absolute Gasteiger partial charge is 0 e. The van der Waals surface area contributed by atoms with Crippen molar-refractivity contribution in [3.8, 4) is 0 Å². The summed E-state index contributed by atoms with van der Waals surface area (Å²) in [6, 6.07) is 14.4. The number of hydrogen-bond acceptors (Lipinski definition) is 0. The van der Waals surface area contributed by atoms with Gasteiger partial charge in [-0.15, -0.1) is 0 Å². The van der Waals surface area contributed by atoms with Gasteiger partial charge in [-0.25, -0.2) is 0 Å². The second-order valence-corrected chi connectivity index (χ2v) is 9.41. The molecule has 0 N–H and O–H groups in total. The van der Waals surface area contributed by atoms with Crippen LogP contribution in [0.1, 0.15) is 22.3 Å². The Labute approximate surface area is 152 Å². The molecule has 0 saturated carbocycles. The number of benzene rings is 2. The molecule has 3 heteroatoms. The van der Waals surface area contributed by atoms with Crippen LogP contribution < -0.4 is 10.6 Å². The summed E-state index contributed by atoms with van der Waals surface area (Å²) in [6.45, 7) is 7.07. The van der Waals surface area contributed by atoms with Crippen molar-refractivity contribution in [3.05, 3.63) is 58.7 Å². The molecule has 0 nitrogen and oxygen atoms in total. The summed E-state index contributed by atoms with van der Waals surface area (Å²) >= 11 is 0. The van der Waals surface area contributed by atoms with Crippen LogP contribution in [0.2, 0.25) is 0 Å². The van der Waals surface area contributed by atoms with Crippen molar-refractivity contribution >= 4 is 27.1 Å². The topological polar surface area (TPSA) is 0 Å². The Kier molecular flexibility index (Phi) is 6.83. The maximum absolute atomic E-state index is 2.49. The molecule has 1 unspecified atom stereocenters. The third-order valence-corrected chi connectivity index (χ3v) is 6.83. The van der Waals surface area contributed by atoms with Gasteiger partial charge in [-0.05, 0) is 78.5 Å². The standard InChI is InChI=1S/C19H24P2.W/c1-20-18-12-14-4-8-16(18)9-5-15-7-11-17(10-6-14)19(13-15)21(2)3;/h4,7-8,11-13,20H,5-6,9-10H2,1-3H3;. The van der Waals surface area contributed by atoms with E-state index in [0.717, 1.165) is 8.58 Å². The zero-order valence-electron chi connectivity index (χ0n) is 13.6. The first-order chi connectivity index (χ1) is 10.2. The van der Waals surface area contributed by atoms with Gasteiger partial charge >= 0.3 is 0 Å². The largest absolute Gasteiger partial charge is 0.0933 e. The van der Waals surface area contributed by atoms with Gasteiger partial charge in [0, 0.05) is 21.1 Å². The van der Waals surface area contributed by atoms with Gasteiger partial charge in [0.25, 0.3) is 0 Å². The molecule has 0 aliphatic heterocycles. The first kappa shape index (κ1) is 18.3. The summed E-state index contributed by atoms with van der Waals surface area (Å²) in [5, 5.41) is 3.20. The Morgan fingerprint density at radius 2 is 1.41 bits per heavy atom. The van der Waals surface area contributed by atoms with E-state index in [1.54, 1.807) is 21.7 Å². The minimum atomic E-state index is -0.0135. The van der Waals surface area contributed by atoms with Crippen LogP contribution in [0.15, 0.2) is 36.4 Å². The van der Waals surface area contributed by atoms with Crippen LogP contribution in [0.3, 0.4) is 0 Å². The van der Waals surface area contributed by atoms with Crippen LogP contribution in [0.25, 0.3) is 0 Å². The molecule has 4 aliphatic rings. The number of rotatable bonds is 2. The normalized spacial score (nSPS) is 14.2. The zero-order chi connectivity index (χ0) is 14.8. The molecule has 0 fully saturated rings. The van der Waals surface area contributed by atoms with Gasteiger partial charge in [-0.1, -0.05) is 52.9 Å². The summed E-state index contributed by atoms with van der Waals surface area (Å²) in [6.07, 6.45) is 4.71. The first-order valence-corrected chi connectivity index (χ1v) is 11.5. The van der Waals surface area contributed by atoms with Crippen molar-refractivity contribution in [3.63, 3.8) is 0 Å². The van der Waals surface area contributed by atoms with Crippen LogP contribution >= 0.6 is 16.5 Å². The fourth-order valence-corrected chi connectivity index (χ4v) is 5.22. The van der Waals surface area contributed by atoms with Gasteiger partial charge < -0.3 is 0 Å². The SMILES string of the molecule is CPc1cc2ccc1CCc1ccc(c(P(C)C)c1)CC2.[W]. The van der Waals surface area contributed by atoms with E-state index >= 15 is 0 Å². The van der Waals surface area contributed by atoms with E-state index in [1.165, 1.54) is 36.8 Å². The molecule has 0 heterocycles. The maximum atomic E-state index is 2.49. The molecule has 0 amide bonds. The molecule has 1 atom stereocenters. The van der Waals surface area contributed by atoms with E-state index in [1.807, 2.05) is 0 Å². The van der Waals surface area contributed by atoms with E-state index in [0.29, 0.717) is 0 Å². The average Bonchev–Trinajstić information content (AvgIpc) is 2.49. The molecule has 0 aromatic heterocycles. The Balaban J connectivity index is 0.00000176. The van der Waals surface area contributed by atoms with Crippen LogP contribution in [0.4, 0.5) is 0 Å². The Morgan fingerprint density at radius 1 is 0.818 bits per heavy atom. The van der Waals surface area contributed by atoms with E-state index in [-0.39, 0.29) is 29.0 Å². The van der Waals surface area contributed by atoms with Gasteiger partial charge in [-0.3, -0.25) is 0 Å². The molecule has 2 aromatic rings.